The quantitative estimate of drug-likeness (QED) is 0.606. The molecule has 140 valence electrons. The van der Waals surface area contributed by atoms with Gasteiger partial charge < -0.3 is 10.2 Å². The summed E-state index contributed by atoms with van der Waals surface area (Å²) < 4.78 is 31.0. The first-order chi connectivity index (χ1) is 10.9. The minimum Gasteiger partial charge on any atom is -0.350 e. The molecule has 1 fully saturated rings. The fourth-order valence-electron chi connectivity index (χ4n) is 3.18. The standard InChI is InChI=1S/C16H30N2O5S/c1-5-13(9-8-12(2)18-10-6-7-14(18)19)15(20)17-16(3,4)11-24(21,22)23/h12-13H,5-11H2,1-4H3,(H,17,20)(H,21,22,23). The van der Waals surface area contributed by atoms with Crippen LogP contribution in [0.5, 0.6) is 0 Å². The van der Waals surface area contributed by atoms with E-state index in [2.05, 4.69) is 5.32 Å². The lowest BCUT2D eigenvalue weighted by Gasteiger charge is -2.29. The van der Waals surface area contributed by atoms with Gasteiger partial charge in [0.25, 0.3) is 10.1 Å². The highest BCUT2D eigenvalue weighted by atomic mass is 32.2. The molecule has 1 aliphatic rings. The Balaban J connectivity index is 2.55. The van der Waals surface area contributed by atoms with Crippen molar-refractivity contribution >= 4 is 21.9 Å². The van der Waals surface area contributed by atoms with E-state index in [4.69, 9.17) is 4.55 Å². The number of rotatable bonds is 9. The fourth-order valence-corrected chi connectivity index (χ4v) is 4.17. The van der Waals surface area contributed by atoms with E-state index in [0.29, 0.717) is 19.3 Å². The smallest absolute Gasteiger partial charge is 0.267 e. The van der Waals surface area contributed by atoms with Gasteiger partial charge in [0.2, 0.25) is 11.8 Å². The van der Waals surface area contributed by atoms with Crippen molar-refractivity contribution in [3.8, 4) is 0 Å². The maximum Gasteiger partial charge on any atom is 0.267 e. The van der Waals surface area contributed by atoms with Crippen molar-refractivity contribution in [1.29, 1.82) is 0 Å². The molecule has 1 aliphatic heterocycles. The van der Waals surface area contributed by atoms with Crippen molar-refractivity contribution in [1.82, 2.24) is 10.2 Å². The second-order valence-corrected chi connectivity index (χ2v) is 8.77. The van der Waals surface area contributed by atoms with Crippen molar-refractivity contribution in [2.75, 3.05) is 12.3 Å². The van der Waals surface area contributed by atoms with E-state index in [9.17, 15) is 18.0 Å². The molecule has 0 bridgehead atoms. The average molecular weight is 362 g/mol. The topological polar surface area (TPSA) is 104 Å². The predicted octanol–water partition coefficient (Wildman–Crippen LogP) is 1.59. The predicted molar refractivity (Wildman–Crippen MR) is 92.1 cm³/mol. The minimum absolute atomic E-state index is 0.104. The molecule has 1 rings (SSSR count). The Morgan fingerprint density at radius 3 is 2.46 bits per heavy atom. The molecular weight excluding hydrogens is 332 g/mol. The third kappa shape index (κ3) is 6.76. The highest BCUT2D eigenvalue weighted by Crippen LogP contribution is 2.21. The van der Waals surface area contributed by atoms with Crippen LogP contribution in [0.3, 0.4) is 0 Å². The number of carbonyl (C=O) groups is 2. The maximum atomic E-state index is 12.4. The highest BCUT2D eigenvalue weighted by Gasteiger charge is 2.30. The molecule has 1 saturated heterocycles. The molecule has 2 atom stereocenters. The Bertz CT molecular complexity index is 559. The molecule has 24 heavy (non-hydrogen) atoms. The Labute approximate surface area is 144 Å². The van der Waals surface area contributed by atoms with E-state index in [1.54, 1.807) is 13.8 Å². The van der Waals surface area contributed by atoms with Crippen molar-refractivity contribution in [3.63, 3.8) is 0 Å². The lowest BCUT2D eigenvalue weighted by molar-refractivity contribution is -0.129. The molecule has 0 aromatic heterocycles. The zero-order valence-corrected chi connectivity index (χ0v) is 15.9. The first kappa shape index (κ1) is 20.9. The maximum absolute atomic E-state index is 12.4. The number of likely N-dealkylation sites (tertiary alicyclic amines) is 1. The Kier molecular flexibility index (Phi) is 7.22. The molecule has 2 amide bonds. The molecule has 0 aromatic carbocycles. The Morgan fingerprint density at radius 2 is 2.00 bits per heavy atom. The Hall–Kier alpha value is -1.15. The van der Waals surface area contributed by atoms with Gasteiger partial charge in [-0.2, -0.15) is 8.42 Å². The molecule has 1 heterocycles. The molecule has 0 radical (unpaired) electrons. The number of nitrogens with zero attached hydrogens (tertiary/aromatic N) is 1. The number of carbonyl (C=O) groups excluding carboxylic acids is 2. The van der Waals surface area contributed by atoms with Crippen LogP contribution in [0.2, 0.25) is 0 Å². The lowest BCUT2D eigenvalue weighted by atomic mass is 9.95. The first-order valence-corrected chi connectivity index (χ1v) is 10.1. The number of hydrogen-bond donors (Lipinski definition) is 2. The second-order valence-electron chi connectivity index (χ2n) is 7.32. The van der Waals surface area contributed by atoms with Crippen molar-refractivity contribution in [2.24, 2.45) is 5.92 Å². The number of nitrogens with one attached hydrogen (secondary N) is 1. The summed E-state index contributed by atoms with van der Waals surface area (Å²) in [4.78, 5) is 26.0. The van der Waals surface area contributed by atoms with E-state index in [1.165, 1.54) is 0 Å². The monoisotopic (exact) mass is 362 g/mol. The Morgan fingerprint density at radius 1 is 1.38 bits per heavy atom. The summed E-state index contributed by atoms with van der Waals surface area (Å²) in [6, 6.07) is 0.104. The molecule has 2 unspecified atom stereocenters. The number of amides is 2. The van der Waals surface area contributed by atoms with Crippen LogP contribution in [0.25, 0.3) is 0 Å². The fraction of sp³-hybridized carbons (Fsp3) is 0.875. The summed E-state index contributed by atoms with van der Waals surface area (Å²) >= 11 is 0. The molecule has 7 nitrogen and oxygen atoms in total. The van der Waals surface area contributed by atoms with Gasteiger partial charge in [0.05, 0.1) is 11.3 Å². The molecule has 0 spiro atoms. The molecular formula is C16H30N2O5S. The van der Waals surface area contributed by atoms with Crippen LogP contribution in [-0.2, 0) is 19.7 Å². The van der Waals surface area contributed by atoms with Crippen LogP contribution in [0, 0.1) is 5.92 Å². The summed E-state index contributed by atoms with van der Waals surface area (Å²) in [6.07, 6.45) is 3.50. The third-order valence-corrected chi connectivity index (χ3v) is 5.53. The van der Waals surface area contributed by atoms with E-state index in [0.717, 1.165) is 19.4 Å². The summed E-state index contributed by atoms with van der Waals surface area (Å²) in [7, 11) is -4.16. The van der Waals surface area contributed by atoms with Crippen LogP contribution in [0.15, 0.2) is 0 Å². The van der Waals surface area contributed by atoms with Gasteiger partial charge in [-0.15, -0.1) is 0 Å². The van der Waals surface area contributed by atoms with Crippen LogP contribution in [-0.4, -0.2) is 53.6 Å². The van der Waals surface area contributed by atoms with Gasteiger partial charge in [-0.05, 0) is 46.5 Å². The van der Waals surface area contributed by atoms with Crippen molar-refractivity contribution < 1.29 is 22.6 Å². The van der Waals surface area contributed by atoms with Gasteiger partial charge in [0, 0.05) is 24.9 Å². The van der Waals surface area contributed by atoms with E-state index >= 15 is 0 Å². The summed E-state index contributed by atoms with van der Waals surface area (Å²) in [5.41, 5.74) is -1.03. The molecule has 0 aliphatic carbocycles. The molecule has 2 N–H and O–H groups in total. The first-order valence-electron chi connectivity index (χ1n) is 8.52. The van der Waals surface area contributed by atoms with Crippen LogP contribution in [0.4, 0.5) is 0 Å². The highest BCUT2D eigenvalue weighted by molar-refractivity contribution is 7.85. The zero-order chi connectivity index (χ0) is 18.5. The van der Waals surface area contributed by atoms with E-state index < -0.39 is 21.4 Å². The van der Waals surface area contributed by atoms with E-state index in [1.807, 2.05) is 18.7 Å². The van der Waals surface area contributed by atoms with Gasteiger partial charge in [-0.1, -0.05) is 6.92 Å². The van der Waals surface area contributed by atoms with Crippen molar-refractivity contribution in [2.45, 2.75) is 71.4 Å². The largest absolute Gasteiger partial charge is 0.350 e. The molecule has 0 aromatic rings. The summed E-state index contributed by atoms with van der Waals surface area (Å²) in [5.74, 6) is -0.813. The van der Waals surface area contributed by atoms with Gasteiger partial charge in [-0.3, -0.25) is 14.1 Å². The lowest BCUT2D eigenvalue weighted by Crippen LogP contribution is -2.50. The zero-order valence-electron chi connectivity index (χ0n) is 15.0. The number of hydrogen-bond acceptors (Lipinski definition) is 4. The van der Waals surface area contributed by atoms with Crippen molar-refractivity contribution in [3.05, 3.63) is 0 Å². The van der Waals surface area contributed by atoms with Gasteiger partial charge in [-0.25, -0.2) is 0 Å². The molecule has 8 heteroatoms. The minimum atomic E-state index is -4.16. The van der Waals surface area contributed by atoms with Crippen LogP contribution in [0.1, 0.15) is 59.8 Å². The van der Waals surface area contributed by atoms with Gasteiger partial charge >= 0.3 is 0 Å². The van der Waals surface area contributed by atoms with Crippen LogP contribution < -0.4 is 5.32 Å². The van der Waals surface area contributed by atoms with Gasteiger partial charge in [0.1, 0.15) is 0 Å². The molecule has 0 saturated carbocycles. The van der Waals surface area contributed by atoms with Crippen LogP contribution >= 0.6 is 0 Å². The normalized spacial score (nSPS) is 18.5. The summed E-state index contributed by atoms with van der Waals surface area (Å²) in [6.45, 7) is 7.82. The summed E-state index contributed by atoms with van der Waals surface area (Å²) in [5, 5.41) is 2.71. The third-order valence-electron chi connectivity index (χ3n) is 4.44. The SMILES string of the molecule is CCC(CCC(C)N1CCCC1=O)C(=O)NC(C)(C)CS(=O)(=O)O. The average Bonchev–Trinajstić information content (AvgIpc) is 2.81. The van der Waals surface area contributed by atoms with E-state index in [-0.39, 0.29) is 23.8 Å². The second kappa shape index (κ2) is 8.29. The van der Waals surface area contributed by atoms with Gasteiger partial charge in [0.15, 0.2) is 0 Å².